The molecule has 1 unspecified atom stereocenters. The van der Waals surface area contributed by atoms with Crippen LogP contribution in [0.3, 0.4) is 0 Å². The number of carbonyl (C=O) groups is 2. The molecule has 0 radical (unpaired) electrons. The van der Waals surface area contributed by atoms with Crippen molar-refractivity contribution in [2.24, 2.45) is 0 Å². The molecule has 0 spiro atoms. The molecule has 2 aromatic rings. The Hall–Kier alpha value is -2.53. The van der Waals surface area contributed by atoms with Gasteiger partial charge in [0, 0.05) is 17.6 Å². The van der Waals surface area contributed by atoms with E-state index in [1.54, 1.807) is 30.0 Å². The van der Waals surface area contributed by atoms with Crippen LogP contribution in [-0.2, 0) is 16.0 Å². The van der Waals surface area contributed by atoms with E-state index in [9.17, 15) is 9.59 Å². The third-order valence-electron chi connectivity index (χ3n) is 4.57. The molecular formula is C23H29ClN2O3. The highest BCUT2D eigenvalue weighted by atomic mass is 35.5. The second-order valence-corrected chi connectivity index (χ2v) is 7.77. The van der Waals surface area contributed by atoms with Gasteiger partial charge in [-0.15, -0.1) is 0 Å². The number of hydrogen-bond acceptors (Lipinski definition) is 3. The number of hydrogen-bond donors (Lipinski definition) is 1. The Bertz CT molecular complexity index is 824. The highest BCUT2D eigenvalue weighted by Gasteiger charge is 2.26. The van der Waals surface area contributed by atoms with Gasteiger partial charge < -0.3 is 15.0 Å². The first-order chi connectivity index (χ1) is 13.8. The third kappa shape index (κ3) is 7.09. The molecule has 2 rings (SSSR count). The fourth-order valence-electron chi connectivity index (χ4n) is 2.91. The summed E-state index contributed by atoms with van der Waals surface area (Å²) >= 11 is 6.04. The summed E-state index contributed by atoms with van der Waals surface area (Å²) in [6.07, 6.45) is 0.659. The number of halogens is 1. The van der Waals surface area contributed by atoms with Crippen molar-refractivity contribution < 1.29 is 14.3 Å². The van der Waals surface area contributed by atoms with E-state index < -0.39 is 6.04 Å². The topological polar surface area (TPSA) is 58.6 Å². The van der Waals surface area contributed by atoms with E-state index in [4.69, 9.17) is 16.3 Å². The van der Waals surface area contributed by atoms with Crippen LogP contribution in [0, 0.1) is 6.92 Å². The van der Waals surface area contributed by atoms with Gasteiger partial charge in [0.25, 0.3) is 5.91 Å². The number of carbonyl (C=O) groups excluding carboxylic acids is 2. The van der Waals surface area contributed by atoms with E-state index in [0.717, 1.165) is 11.1 Å². The summed E-state index contributed by atoms with van der Waals surface area (Å²) in [5.74, 6) is 0.159. The van der Waals surface area contributed by atoms with Crippen LogP contribution in [0.5, 0.6) is 5.75 Å². The smallest absolute Gasteiger partial charge is 0.261 e. The van der Waals surface area contributed by atoms with E-state index in [-0.39, 0.29) is 24.5 Å². The summed E-state index contributed by atoms with van der Waals surface area (Å²) < 4.78 is 5.67. The van der Waals surface area contributed by atoms with Gasteiger partial charge in [0.1, 0.15) is 11.8 Å². The largest absolute Gasteiger partial charge is 0.484 e. The van der Waals surface area contributed by atoms with E-state index in [2.05, 4.69) is 5.32 Å². The van der Waals surface area contributed by atoms with Crippen LogP contribution in [0.25, 0.3) is 0 Å². The maximum absolute atomic E-state index is 12.9. The number of nitrogens with zero attached hydrogens (tertiary/aromatic N) is 1. The van der Waals surface area contributed by atoms with Gasteiger partial charge in [-0.05, 0) is 63.4 Å². The van der Waals surface area contributed by atoms with Crippen molar-refractivity contribution in [2.45, 2.75) is 46.2 Å². The molecule has 6 heteroatoms. The van der Waals surface area contributed by atoms with Crippen molar-refractivity contribution in [1.82, 2.24) is 10.2 Å². The molecule has 1 atom stereocenters. The van der Waals surface area contributed by atoms with Crippen molar-refractivity contribution >= 4 is 23.4 Å². The Kier molecular flexibility index (Phi) is 8.52. The fraction of sp³-hybridized carbons (Fsp3) is 0.391. The third-order valence-corrected chi connectivity index (χ3v) is 5.00. The molecule has 0 heterocycles. The molecule has 0 aliphatic carbocycles. The molecule has 5 nitrogen and oxygen atoms in total. The van der Waals surface area contributed by atoms with Crippen LogP contribution >= 0.6 is 11.6 Å². The number of aryl methyl sites for hydroxylation is 1. The van der Waals surface area contributed by atoms with E-state index in [1.807, 2.05) is 51.1 Å². The normalized spacial score (nSPS) is 11.8. The maximum Gasteiger partial charge on any atom is 0.261 e. The quantitative estimate of drug-likeness (QED) is 0.671. The zero-order chi connectivity index (χ0) is 21.4. The summed E-state index contributed by atoms with van der Waals surface area (Å²) in [4.78, 5) is 27.0. The van der Waals surface area contributed by atoms with Crippen molar-refractivity contribution in [1.29, 1.82) is 0 Å². The van der Waals surface area contributed by atoms with Gasteiger partial charge in [-0.25, -0.2) is 0 Å². The van der Waals surface area contributed by atoms with Crippen molar-refractivity contribution in [2.75, 3.05) is 13.2 Å². The summed E-state index contributed by atoms with van der Waals surface area (Å²) in [5, 5.41) is 3.52. The SMILES string of the molecule is Cc1cc(OCC(=O)N(CCc2ccccc2)C(C)C(=O)NC(C)C)ccc1Cl. The average Bonchev–Trinajstić information content (AvgIpc) is 2.69. The highest BCUT2D eigenvalue weighted by Crippen LogP contribution is 2.21. The van der Waals surface area contributed by atoms with Crippen LogP contribution in [0.15, 0.2) is 48.5 Å². The first kappa shape index (κ1) is 22.8. The average molecular weight is 417 g/mol. The lowest BCUT2D eigenvalue weighted by Gasteiger charge is -2.29. The lowest BCUT2D eigenvalue weighted by atomic mass is 10.1. The number of amides is 2. The van der Waals surface area contributed by atoms with Gasteiger partial charge in [0.2, 0.25) is 5.91 Å². The predicted octanol–water partition coefficient (Wildman–Crippen LogP) is 4.01. The molecule has 0 aliphatic rings. The van der Waals surface area contributed by atoms with Crippen LogP contribution in [0.4, 0.5) is 0 Å². The van der Waals surface area contributed by atoms with Gasteiger partial charge in [-0.1, -0.05) is 41.9 Å². The van der Waals surface area contributed by atoms with Gasteiger partial charge in [-0.2, -0.15) is 0 Å². The summed E-state index contributed by atoms with van der Waals surface area (Å²) in [7, 11) is 0. The summed E-state index contributed by atoms with van der Waals surface area (Å²) in [6, 6.07) is 14.6. The Morgan fingerprint density at radius 2 is 1.79 bits per heavy atom. The first-order valence-corrected chi connectivity index (χ1v) is 10.2. The molecule has 1 N–H and O–H groups in total. The fourth-order valence-corrected chi connectivity index (χ4v) is 3.03. The molecule has 0 aliphatic heterocycles. The van der Waals surface area contributed by atoms with Gasteiger partial charge >= 0.3 is 0 Å². The van der Waals surface area contributed by atoms with Crippen LogP contribution in [0.2, 0.25) is 5.02 Å². The molecule has 2 amide bonds. The van der Waals surface area contributed by atoms with Crippen LogP contribution in [0.1, 0.15) is 31.9 Å². The van der Waals surface area contributed by atoms with Gasteiger partial charge in [0.15, 0.2) is 6.61 Å². The van der Waals surface area contributed by atoms with Crippen LogP contribution in [-0.4, -0.2) is 41.9 Å². The monoisotopic (exact) mass is 416 g/mol. The molecule has 0 bridgehead atoms. The van der Waals surface area contributed by atoms with Crippen molar-refractivity contribution in [3.63, 3.8) is 0 Å². The molecule has 2 aromatic carbocycles. The minimum absolute atomic E-state index is 0.00400. The highest BCUT2D eigenvalue weighted by molar-refractivity contribution is 6.31. The Morgan fingerprint density at radius 3 is 2.41 bits per heavy atom. The molecule has 0 saturated carbocycles. The van der Waals surface area contributed by atoms with Crippen LogP contribution < -0.4 is 10.1 Å². The molecule has 29 heavy (non-hydrogen) atoms. The zero-order valence-corrected chi connectivity index (χ0v) is 18.2. The Labute approximate surface area is 178 Å². The zero-order valence-electron chi connectivity index (χ0n) is 17.4. The molecule has 0 aromatic heterocycles. The lowest BCUT2D eigenvalue weighted by molar-refractivity contribution is -0.141. The second-order valence-electron chi connectivity index (χ2n) is 7.36. The molecule has 156 valence electrons. The van der Waals surface area contributed by atoms with Crippen molar-refractivity contribution in [3.8, 4) is 5.75 Å². The van der Waals surface area contributed by atoms with E-state index >= 15 is 0 Å². The predicted molar refractivity (Wildman–Crippen MR) is 116 cm³/mol. The molecule has 0 fully saturated rings. The minimum atomic E-state index is -0.593. The second kappa shape index (κ2) is 10.9. The number of benzene rings is 2. The summed E-state index contributed by atoms with van der Waals surface area (Å²) in [5.41, 5.74) is 1.98. The van der Waals surface area contributed by atoms with Gasteiger partial charge in [-0.3, -0.25) is 9.59 Å². The summed E-state index contributed by atoms with van der Waals surface area (Å²) in [6.45, 7) is 7.70. The first-order valence-electron chi connectivity index (χ1n) is 9.80. The number of ether oxygens (including phenoxy) is 1. The standard InChI is InChI=1S/C23H29ClN2O3/c1-16(2)25-23(28)18(4)26(13-12-19-8-6-5-7-9-19)22(27)15-29-20-10-11-21(24)17(3)14-20/h5-11,14,16,18H,12-13,15H2,1-4H3,(H,25,28). The maximum atomic E-state index is 12.9. The number of nitrogens with one attached hydrogen (secondary N) is 1. The van der Waals surface area contributed by atoms with E-state index in [1.165, 1.54) is 0 Å². The lowest BCUT2D eigenvalue weighted by Crippen LogP contribution is -2.51. The van der Waals surface area contributed by atoms with E-state index in [0.29, 0.717) is 23.7 Å². The Morgan fingerprint density at radius 1 is 1.10 bits per heavy atom. The van der Waals surface area contributed by atoms with Crippen molar-refractivity contribution in [3.05, 3.63) is 64.7 Å². The molecular weight excluding hydrogens is 388 g/mol. The van der Waals surface area contributed by atoms with Gasteiger partial charge in [0.05, 0.1) is 0 Å². The Balaban J connectivity index is 2.07. The number of rotatable bonds is 9. The minimum Gasteiger partial charge on any atom is -0.484 e. The molecule has 0 saturated heterocycles.